The van der Waals surface area contributed by atoms with Crippen LogP contribution in [0.15, 0.2) is 5.10 Å². The van der Waals surface area contributed by atoms with Crippen LogP contribution in [0.4, 0.5) is 0 Å². The molecule has 0 amide bonds. The number of hydrogen-bond acceptors (Lipinski definition) is 5. The second-order valence-electron chi connectivity index (χ2n) is 1.68. The molecular formula is C5H13BrN4OS. The first-order valence-corrected chi connectivity index (χ1v) is 4.10. The van der Waals surface area contributed by atoms with Gasteiger partial charge in [0.25, 0.3) is 0 Å². The summed E-state index contributed by atoms with van der Waals surface area (Å²) in [7, 11) is 0. The van der Waals surface area contributed by atoms with Crippen molar-refractivity contribution >= 4 is 40.2 Å². The van der Waals surface area contributed by atoms with Gasteiger partial charge in [-0.15, -0.1) is 17.0 Å². The Morgan fingerprint density at radius 3 is 2.92 bits per heavy atom. The molecule has 0 aromatic rings. The predicted octanol–water partition coefficient (Wildman–Crippen LogP) is 0.106. The Morgan fingerprint density at radius 2 is 2.42 bits per heavy atom. The van der Waals surface area contributed by atoms with E-state index >= 15 is 0 Å². The lowest BCUT2D eigenvalue weighted by Crippen LogP contribution is -2.18. The highest BCUT2D eigenvalue weighted by Crippen LogP contribution is 2.00. The summed E-state index contributed by atoms with van der Waals surface area (Å²) in [4.78, 5) is 0. The van der Waals surface area contributed by atoms with E-state index in [0.29, 0.717) is 6.42 Å². The maximum Gasteiger partial charge on any atom is 0.158 e. The molecule has 0 rings (SSSR count). The number of hydrazone groups is 1. The summed E-state index contributed by atoms with van der Waals surface area (Å²) in [5.41, 5.74) is 0. The van der Waals surface area contributed by atoms with E-state index in [1.807, 2.05) is 0 Å². The molecule has 0 heterocycles. The largest absolute Gasteiger partial charge is 0.396 e. The van der Waals surface area contributed by atoms with Crippen molar-refractivity contribution in [1.82, 2.24) is 5.32 Å². The van der Waals surface area contributed by atoms with E-state index in [0.717, 1.165) is 5.75 Å². The predicted molar refractivity (Wildman–Crippen MR) is 58.0 cm³/mol. The number of halogens is 1. The van der Waals surface area contributed by atoms with Crippen LogP contribution in [0.1, 0.15) is 6.42 Å². The van der Waals surface area contributed by atoms with Crippen LogP contribution in [0.5, 0.6) is 0 Å². The molecule has 5 nitrogen and oxygen atoms in total. The summed E-state index contributed by atoms with van der Waals surface area (Å²) in [5, 5.41) is 21.6. The summed E-state index contributed by atoms with van der Waals surface area (Å²) in [6.45, 7) is 0.158. The maximum absolute atomic E-state index is 8.40. The monoisotopic (exact) mass is 256 g/mol. The molecule has 0 unspecified atom stereocenters. The smallest absolute Gasteiger partial charge is 0.158 e. The van der Waals surface area contributed by atoms with Crippen LogP contribution in [-0.2, 0) is 0 Å². The summed E-state index contributed by atoms with van der Waals surface area (Å²) in [6, 6.07) is 0. The first-order valence-electron chi connectivity index (χ1n) is 3.11. The van der Waals surface area contributed by atoms with Crippen molar-refractivity contribution in [3.8, 4) is 0 Å². The first kappa shape index (κ1) is 14.3. The number of thioether (sulfide) groups is 1. The highest BCUT2D eigenvalue weighted by Gasteiger charge is 1.92. The van der Waals surface area contributed by atoms with Crippen molar-refractivity contribution in [2.75, 3.05) is 12.4 Å². The molecule has 0 saturated heterocycles. The fourth-order valence-electron chi connectivity index (χ4n) is 0.376. The molecule has 0 saturated carbocycles. The van der Waals surface area contributed by atoms with E-state index in [4.69, 9.17) is 16.4 Å². The molecule has 0 fully saturated rings. The molecule has 0 radical (unpaired) electrons. The van der Waals surface area contributed by atoms with E-state index in [1.165, 1.54) is 18.1 Å². The Bertz CT molecular complexity index is 143. The SMILES string of the molecule is Br.N=C(N/C=N\N)SCCCO. The number of nitrogens with one attached hydrogen (secondary N) is 2. The summed E-state index contributed by atoms with van der Waals surface area (Å²) in [5.74, 6) is 5.52. The van der Waals surface area contributed by atoms with Gasteiger partial charge in [-0.05, 0) is 6.42 Å². The quantitative estimate of drug-likeness (QED) is 0.189. The Morgan fingerprint density at radius 1 is 1.75 bits per heavy atom. The molecule has 0 spiro atoms. The number of aliphatic hydroxyl groups is 1. The van der Waals surface area contributed by atoms with E-state index in [9.17, 15) is 0 Å². The van der Waals surface area contributed by atoms with Gasteiger partial charge in [0.1, 0.15) is 6.34 Å². The Labute approximate surface area is 86.1 Å². The molecular weight excluding hydrogens is 244 g/mol. The number of nitrogens with two attached hydrogens (primary N) is 1. The van der Waals surface area contributed by atoms with Gasteiger partial charge in [-0.1, -0.05) is 11.8 Å². The average Bonchev–Trinajstić information content (AvgIpc) is 2.01. The molecule has 12 heavy (non-hydrogen) atoms. The number of amidine groups is 1. The number of rotatable bonds is 4. The second-order valence-corrected chi connectivity index (χ2v) is 2.78. The zero-order chi connectivity index (χ0) is 8.53. The zero-order valence-corrected chi connectivity index (χ0v) is 9.02. The van der Waals surface area contributed by atoms with Gasteiger partial charge >= 0.3 is 0 Å². The lowest BCUT2D eigenvalue weighted by Gasteiger charge is -1.99. The number of aliphatic hydroxyl groups excluding tert-OH is 1. The van der Waals surface area contributed by atoms with Gasteiger partial charge in [0.05, 0.1) is 0 Å². The van der Waals surface area contributed by atoms with Crippen molar-refractivity contribution in [2.24, 2.45) is 10.9 Å². The number of hydrogen-bond donors (Lipinski definition) is 4. The van der Waals surface area contributed by atoms with Gasteiger partial charge < -0.3 is 16.3 Å². The minimum atomic E-state index is 0. The summed E-state index contributed by atoms with van der Waals surface area (Å²) >= 11 is 1.31. The molecule has 0 atom stereocenters. The fraction of sp³-hybridized carbons (Fsp3) is 0.600. The van der Waals surface area contributed by atoms with E-state index in [1.54, 1.807) is 0 Å². The van der Waals surface area contributed by atoms with Crippen molar-refractivity contribution in [2.45, 2.75) is 6.42 Å². The molecule has 72 valence electrons. The molecule has 5 N–H and O–H groups in total. The van der Waals surface area contributed by atoms with Crippen molar-refractivity contribution in [1.29, 1.82) is 5.41 Å². The van der Waals surface area contributed by atoms with Crippen LogP contribution < -0.4 is 11.2 Å². The van der Waals surface area contributed by atoms with Crippen molar-refractivity contribution in [3.63, 3.8) is 0 Å². The average molecular weight is 257 g/mol. The van der Waals surface area contributed by atoms with Crippen molar-refractivity contribution < 1.29 is 5.11 Å². The highest BCUT2D eigenvalue weighted by molar-refractivity contribution is 8.93. The van der Waals surface area contributed by atoms with E-state index in [2.05, 4.69) is 10.4 Å². The zero-order valence-electron chi connectivity index (χ0n) is 6.49. The fourth-order valence-corrected chi connectivity index (χ4v) is 0.990. The molecule has 0 aromatic heterocycles. The van der Waals surface area contributed by atoms with Crippen LogP contribution in [-0.4, -0.2) is 29.0 Å². The van der Waals surface area contributed by atoms with Gasteiger partial charge in [0.2, 0.25) is 0 Å². The topological polar surface area (TPSA) is 94.5 Å². The maximum atomic E-state index is 8.40. The third kappa shape index (κ3) is 9.73. The van der Waals surface area contributed by atoms with Crippen LogP contribution >= 0.6 is 28.7 Å². The van der Waals surface area contributed by atoms with Crippen molar-refractivity contribution in [3.05, 3.63) is 0 Å². The minimum absolute atomic E-state index is 0. The van der Waals surface area contributed by atoms with Crippen LogP contribution in [0.25, 0.3) is 0 Å². The Balaban J connectivity index is 0. The van der Waals surface area contributed by atoms with Crippen LogP contribution in [0.2, 0.25) is 0 Å². The molecule has 7 heteroatoms. The normalized spacial score (nSPS) is 9.42. The molecule has 0 aliphatic heterocycles. The molecule has 0 aliphatic carbocycles. The molecule has 0 bridgehead atoms. The van der Waals surface area contributed by atoms with Gasteiger partial charge in [0.15, 0.2) is 5.17 Å². The lowest BCUT2D eigenvalue weighted by atomic mass is 10.5. The van der Waals surface area contributed by atoms with Gasteiger partial charge in [-0.3, -0.25) is 5.41 Å². The second kappa shape index (κ2) is 10.7. The first-order chi connectivity index (χ1) is 5.31. The van der Waals surface area contributed by atoms with Crippen LogP contribution in [0, 0.1) is 5.41 Å². The van der Waals surface area contributed by atoms with Gasteiger partial charge in [-0.2, -0.15) is 5.10 Å². The highest BCUT2D eigenvalue weighted by atomic mass is 79.9. The molecule has 0 aliphatic rings. The van der Waals surface area contributed by atoms with E-state index in [-0.39, 0.29) is 28.8 Å². The summed E-state index contributed by atoms with van der Waals surface area (Å²) in [6.07, 6.45) is 1.93. The standard InChI is InChI=1S/C5H12N4OS.BrH/c6-5(8-4-9-7)11-3-1-2-10;/h4,10H,1-3,7H2,(H2,6,8,9);1H. The third-order valence-electron chi connectivity index (χ3n) is 0.819. The minimum Gasteiger partial charge on any atom is -0.396 e. The van der Waals surface area contributed by atoms with Gasteiger partial charge in [0, 0.05) is 12.4 Å². The Hall–Kier alpha value is -0.270. The van der Waals surface area contributed by atoms with Gasteiger partial charge in [-0.25, -0.2) is 0 Å². The Kier molecular flexibility index (Phi) is 12.8. The van der Waals surface area contributed by atoms with Crippen LogP contribution in [0.3, 0.4) is 0 Å². The number of nitrogens with zero attached hydrogens (tertiary/aromatic N) is 1. The molecule has 0 aromatic carbocycles. The summed E-state index contributed by atoms with van der Waals surface area (Å²) < 4.78 is 0. The van der Waals surface area contributed by atoms with E-state index < -0.39 is 0 Å². The third-order valence-corrected chi connectivity index (χ3v) is 1.72. The lowest BCUT2D eigenvalue weighted by molar-refractivity contribution is 0.296.